The molecule has 3 aliphatic rings. The SMILES string of the molecule is O=C(Nc1ccc(Cl)c(Cl)c1)c1cccc(N2C(=O)[C@H]3[C@H]4C[C@@H]([C@@H]3C2=O)[C@H](c2ccccc2)C4)c1. The van der Waals surface area contributed by atoms with Crippen molar-refractivity contribution in [2.45, 2.75) is 18.8 Å². The fourth-order valence-corrected chi connectivity index (χ4v) is 6.66. The van der Waals surface area contributed by atoms with E-state index in [-0.39, 0.29) is 41.4 Å². The number of hydrogen-bond acceptors (Lipinski definition) is 3. The average molecular weight is 505 g/mol. The standard InChI is InChI=1S/C28H22Cl2N2O3/c29-22-10-9-18(14-23(22)30)31-26(33)16-7-4-8-19(11-16)32-27(34)24-17-12-20(15-5-2-1-3-6-15)21(13-17)25(24)28(32)35/h1-11,14,17,20-21,24-25H,12-13H2,(H,31,33)/t17-,20+,21-,24+,25+/m1/s1. The maximum absolute atomic E-state index is 13.6. The molecule has 0 radical (unpaired) electrons. The Bertz CT molecular complexity index is 1360. The molecule has 3 aromatic carbocycles. The molecule has 0 aromatic heterocycles. The quantitative estimate of drug-likeness (QED) is 0.431. The fraction of sp³-hybridized carbons (Fsp3) is 0.250. The van der Waals surface area contributed by atoms with Crippen LogP contribution in [-0.2, 0) is 9.59 Å². The Morgan fingerprint density at radius 3 is 2.37 bits per heavy atom. The van der Waals surface area contributed by atoms with Crippen LogP contribution < -0.4 is 10.2 Å². The van der Waals surface area contributed by atoms with Crippen LogP contribution in [0.5, 0.6) is 0 Å². The molecule has 6 rings (SSSR count). The first kappa shape index (κ1) is 22.3. The van der Waals surface area contributed by atoms with Gasteiger partial charge in [0.2, 0.25) is 11.8 Å². The zero-order chi connectivity index (χ0) is 24.3. The molecule has 5 nitrogen and oxygen atoms in total. The first-order valence-corrected chi connectivity index (χ1v) is 12.5. The van der Waals surface area contributed by atoms with E-state index < -0.39 is 0 Å². The number of rotatable bonds is 4. The lowest BCUT2D eigenvalue weighted by Gasteiger charge is -2.28. The molecule has 3 aromatic rings. The molecule has 3 amide bonds. The van der Waals surface area contributed by atoms with E-state index in [0.717, 1.165) is 12.8 Å². The molecular formula is C28H22Cl2N2O3. The molecule has 2 bridgehead atoms. The first-order valence-electron chi connectivity index (χ1n) is 11.7. The Morgan fingerprint density at radius 2 is 1.60 bits per heavy atom. The van der Waals surface area contributed by atoms with Crippen LogP contribution >= 0.6 is 23.2 Å². The lowest BCUT2D eigenvalue weighted by Crippen LogP contribution is -2.33. The van der Waals surface area contributed by atoms with Gasteiger partial charge in [-0.25, -0.2) is 0 Å². The maximum Gasteiger partial charge on any atom is 0.255 e. The number of fused-ring (bicyclic) bond motifs is 5. The van der Waals surface area contributed by atoms with Crippen molar-refractivity contribution in [2.75, 3.05) is 10.2 Å². The molecule has 2 saturated carbocycles. The summed E-state index contributed by atoms with van der Waals surface area (Å²) in [5, 5.41) is 3.51. The molecule has 35 heavy (non-hydrogen) atoms. The van der Waals surface area contributed by atoms with E-state index in [1.165, 1.54) is 10.5 Å². The lowest BCUT2D eigenvalue weighted by atomic mass is 9.73. The third-order valence-electron chi connectivity index (χ3n) is 7.79. The molecule has 1 heterocycles. The Labute approximate surface area is 213 Å². The summed E-state index contributed by atoms with van der Waals surface area (Å²) in [5.41, 5.74) is 2.53. The summed E-state index contributed by atoms with van der Waals surface area (Å²) in [6, 6.07) is 21.8. The topological polar surface area (TPSA) is 66.5 Å². The monoisotopic (exact) mass is 504 g/mol. The second kappa shape index (κ2) is 8.51. The molecular weight excluding hydrogens is 483 g/mol. The molecule has 1 N–H and O–H groups in total. The lowest BCUT2D eigenvalue weighted by molar-refractivity contribution is -0.123. The average Bonchev–Trinajstić information content (AvgIpc) is 3.53. The number of carbonyl (C=O) groups excluding carboxylic acids is 3. The zero-order valence-corrected chi connectivity index (χ0v) is 20.2. The summed E-state index contributed by atoms with van der Waals surface area (Å²) >= 11 is 12.0. The van der Waals surface area contributed by atoms with Crippen LogP contribution in [0, 0.1) is 23.7 Å². The normalized spacial score (nSPS) is 26.8. The minimum Gasteiger partial charge on any atom is -0.322 e. The highest BCUT2D eigenvalue weighted by molar-refractivity contribution is 6.42. The Balaban J connectivity index is 1.25. The van der Waals surface area contributed by atoms with Crippen molar-refractivity contribution in [3.05, 3.63) is 94.0 Å². The largest absolute Gasteiger partial charge is 0.322 e. The van der Waals surface area contributed by atoms with Crippen LogP contribution in [0.2, 0.25) is 10.0 Å². The minimum atomic E-state index is -0.367. The van der Waals surface area contributed by atoms with Crippen LogP contribution in [0.4, 0.5) is 11.4 Å². The molecule has 0 unspecified atom stereocenters. The second-order valence-electron chi connectivity index (χ2n) is 9.61. The number of anilines is 2. The van der Waals surface area contributed by atoms with Crippen molar-refractivity contribution in [1.29, 1.82) is 0 Å². The van der Waals surface area contributed by atoms with Gasteiger partial charge in [-0.1, -0.05) is 59.6 Å². The van der Waals surface area contributed by atoms with Crippen molar-refractivity contribution in [3.8, 4) is 0 Å². The molecule has 3 fully saturated rings. The van der Waals surface area contributed by atoms with Gasteiger partial charge < -0.3 is 5.32 Å². The summed E-state index contributed by atoms with van der Waals surface area (Å²) in [7, 11) is 0. The van der Waals surface area contributed by atoms with E-state index in [4.69, 9.17) is 23.2 Å². The molecule has 1 saturated heterocycles. The van der Waals surface area contributed by atoms with E-state index in [2.05, 4.69) is 17.4 Å². The third kappa shape index (κ3) is 3.65. The Morgan fingerprint density at radius 1 is 0.829 bits per heavy atom. The molecule has 7 heteroatoms. The number of halogens is 2. The van der Waals surface area contributed by atoms with E-state index in [1.807, 2.05) is 18.2 Å². The van der Waals surface area contributed by atoms with Crippen molar-refractivity contribution >= 4 is 52.3 Å². The van der Waals surface area contributed by atoms with Crippen molar-refractivity contribution in [1.82, 2.24) is 0 Å². The van der Waals surface area contributed by atoms with Crippen molar-refractivity contribution in [2.24, 2.45) is 23.7 Å². The smallest absolute Gasteiger partial charge is 0.255 e. The summed E-state index contributed by atoms with van der Waals surface area (Å²) in [6.07, 6.45) is 1.86. The Hall–Kier alpha value is -3.15. The van der Waals surface area contributed by atoms with Crippen LogP contribution in [-0.4, -0.2) is 17.7 Å². The van der Waals surface area contributed by atoms with Gasteiger partial charge in [-0.15, -0.1) is 0 Å². The predicted octanol–water partition coefficient (Wildman–Crippen LogP) is 6.17. The minimum absolute atomic E-state index is 0.138. The number of carbonyl (C=O) groups is 3. The predicted molar refractivity (Wildman–Crippen MR) is 136 cm³/mol. The van der Waals surface area contributed by atoms with E-state index in [0.29, 0.717) is 32.9 Å². The van der Waals surface area contributed by atoms with Crippen molar-refractivity contribution in [3.63, 3.8) is 0 Å². The number of nitrogens with zero attached hydrogens (tertiary/aromatic N) is 1. The van der Waals surface area contributed by atoms with Gasteiger partial charge in [0.15, 0.2) is 0 Å². The summed E-state index contributed by atoms with van der Waals surface area (Å²) < 4.78 is 0. The molecule has 5 atom stereocenters. The highest BCUT2D eigenvalue weighted by Gasteiger charge is 2.64. The van der Waals surface area contributed by atoms with Gasteiger partial charge in [-0.05, 0) is 72.6 Å². The van der Waals surface area contributed by atoms with Gasteiger partial charge in [-0.3, -0.25) is 19.3 Å². The highest BCUT2D eigenvalue weighted by atomic mass is 35.5. The number of benzene rings is 3. The van der Waals surface area contributed by atoms with Crippen LogP contribution in [0.25, 0.3) is 0 Å². The van der Waals surface area contributed by atoms with E-state index in [1.54, 1.807) is 42.5 Å². The summed E-state index contributed by atoms with van der Waals surface area (Å²) in [5.74, 6) is -0.499. The number of imide groups is 1. The van der Waals surface area contributed by atoms with Gasteiger partial charge in [0, 0.05) is 11.3 Å². The third-order valence-corrected chi connectivity index (χ3v) is 8.53. The van der Waals surface area contributed by atoms with Gasteiger partial charge in [0.05, 0.1) is 27.6 Å². The summed E-state index contributed by atoms with van der Waals surface area (Å²) in [6.45, 7) is 0. The van der Waals surface area contributed by atoms with Crippen LogP contribution in [0.15, 0.2) is 72.8 Å². The van der Waals surface area contributed by atoms with Gasteiger partial charge >= 0.3 is 0 Å². The number of amides is 3. The van der Waals surface area contributed by atoms with E-state index in [9.17, 15) is 14.4 Å². The van der Waals surface area contributed by atoms with E-state index >= 15 is 0 Å². The van der Waals surface area contributed by atoms with Crippen LogP contribution in [0.3, 0.4) is 0 Å². The van der Waals surface area contributed by atoms with Gasteiger partial charge in [-0.2, -0.15) is 0 Å². The molecule has 0 spiro atoms. The van der Waals surface area contributed by atoms with Gasteiger partial charge in [0.1, 0.15) is 0 Å². The van der Waals surface area contributed by atoms with Gasteiger partial charge in [0.25, 0.3) is 5.91 Å². The number of nitrogens with one attached hydrogen (secondary N) is 1. The van der Waals surface area contributed by atoms with Crippen LogP contribution in [0.1, 0.15) is 34.7 Å². The first-order chi connectivity index (χ1) is 16.9. The number of hydrogen-bond donors (Lipinski definition) is 1. The maximum atomic E-state index is 13.6. The zero-order valence-electron chi connectivity index (χ0n) is 18.7. The summed E-state index contributed by atoms with van der Waals surface area (Å²) in [4.78, 5) is 41.2. The molecule has 2 aliphatic carbocycles. The molecule has 1 aliphatic heterocycles. The fourth-order valence-electron chi connectivity index (χ4n) is 6.36. The van der Waals surface area contributed by atoms with Crippen molar-refractivity contribution < 1.29 is 14.4 Å². The second-order valence-corrected chi connectivity index (χ2v) is 10.4. The molecule has 176 valence electrons. The highest BCUT2D eigenvalue weighted by Crippen LogP contribution is 2.61. The Kier molecular flexibility index (Phi) is 5.42.